The van der Waals surface area contributed by atoms with Crippen molar-refractivity contribution in [3.63, 3.8) is 0 Å². The van der Waals surface area contributed by atoms with Crippen molar-refractivity contribution in [2.24, 2.45) is 0 Å². The number of phenols is 1. The lowest BCUT2D eigenvalue weighted by atomic mass is 10.2. The molecule has 76 valence electrons. The van der Waals surface area contributed by atoms with Gasteiger partial charge < -0.3 is 9.84 Å². The van der Waals surface area contributed by atoms with Crippen molar-refractivity contribution in [1.82, 2.24) is 5.32 Å². The average Bonchev–Trinajstić information content (AvgIpc) is 2.49. The second-order valence-electron chi connectivity index (χ2n) is 2.91. The number of hydrogen-bond acceptors (Lipinski definition) is 4. The van der Waals surface area contributed by atoms with Gasteiger partial charge in [0.25, 0.3) is 11.1 Å². The minimum absolute atomic E-state index is 0.0293. The molecule has 1 aromatic rings. The van der Waals surface area contributed by atoms with Gasteiger partial charge in [0.1, 0.15) is 5.75 Å². The third-order valence-corrected chi connectivity index (χ3v) is 2.05. The highest BCUT2D eigenvalue weighted by molar-refractivity contribution is 7.80. The second-order valence-corrected chi connectivity index (χ2v) is 3.28. The first-order valence-corrected chi connectivity index (χ1v) is 4.60. The van der Waals surface area contributed by atoms with Gasteiger partial charge in [-0.15, -0.1) is 0 Å². The molecule has 1 amide bonds. The van der Waals surface area contributed by atoms with E-state index in [1.165, 1.54) is 12.1 Å². The maximum atomic E-state index is 11.2. The van der Waals surface area contributed by atoms with Gasteiger partial charge in [0.15, 0.2) is 5.76 Å². The Morgan fingerprint density at radius 3 is 2.73 bits per heavy atom. The Morgan fingerprint density at radius 2 is 2.13 bits per heavy atom. The van der Waals surface area contributed by atoms with Crippen LogP contribution in [0.2, 0.25) is 0 Å². The second kappa shape index (κ2) is 3.70. The topological polar surface area (TPSA) is 58.6 Å². The molecule has 15 heavy (non-hydrogen) atoms. The number of carbonyl (C=O) groups is 1. The van der Waals surface area contributed by atoms with E-state index in [-0.39, 0.29) is 16.7 Å². The van der Waals surface area contributed by atoms with E-state index >= 15 is 0 Å². The smallest absolute Gasteiger partial charge is 0.294 e. The van der Waals surface area contributed by atoms with Crippen molar-refractivity contribution in [1.29, 1.82) is 0 Å². The van der Waals surface area contributed by atoms with Gasteiger partial charge in [0.2, 0.25) is 0 Å². The number of ether oxygens (including phenoxy) is 1. The fourth-order valence-corrected chi connectivity index (χ4v) is 1.35. The summed E-state index contributed by atoms with van der Waals surface area (Å²) in [5, 5.41) is 11.8. The highest BCUT2D eigenvalue weighted by atomic mass is 32.1. The fraction of sp³-hybridized carbons (Fsp3) is 0. The number of aromatic hydroxyl groups is 1. The van der Waals surface area contributed by atoms with Crippen molar-refractivity contribution in [3.05, 3.63) is 35.6 Å². The van der Waals surface area contributed by atoms with Crippen LogP contribution in [0.25, 0.3) is 6.08 Å². The summed E-state index contributed by atoms with van der Waals surface area (Å²) in [6, 6.07) is 6.63. The molecule has 0 unspecified atom stereocenters. The first kappa shape index (κ1) is 9.67. The number of thiocarbonyl (C=S) groups is 1. The standard InChI is InChI=1S/C10H7NO3S/c12-7-4-2-1-3-6(7)5-8-9(13)11-10(15)14-8/h1-5,12H,(H,11,13,15)/b8-5-. The highest BCUT2D eigenvalue weighted by Gasteiger charge is 2.23. The molecule has 4 nitrogen and oxygen atoms in total. The fourth-order valence-electron chi connectivity index (χ4n) is 1.17. The van der Waals surface area contributed by atoms with E-state index in [0.717, 1.165) is 0 Å². The Kier molecular flexibility index (Phi) is 2.39. The van der Waals surface area contributed by atoms with Crippen LogP contribution < -0.4 is 5.32 Å². The summed E-state index contributed by atoms with van der Waals surface area (Å²) in [4.78, 5) is 11.2. The van der Waals surface area contributed by atoms with E-state index in [0.29, 0.717) is 5.56 Å². The Bertz CT molecular complexity index is 467. The van der Waals surface area contributed by atoms with Gasteiger partial charge in [-0.05, 0) is 24.4 Å². The number of phenolic OH excluding ortho intramolecular Hbond substituents is 1. The number of rotatable bonds is 1. The molecule has 1 aliphatic rings. The van der Waals surface area contributed by atoms with E-state index in [2.05, 4.69) is 17.5 Å². The van der Waals surface area contributed by atoms with Gasteiger partial charge in [-0.2, -0.15) is 0 Å². The summed E-state index contributed by atoms with van der Waals surface area (Å²) >= 11 is 4.66. The van der Waals surface area contributed by atoms with Gasteiger partial charge in [0.05, 0.1) is 0 Å². The SMILES string of the molecule is O=C1NC(=S)O/C1=C\c1ccccc1O. The molecule has 0 aliphatic carbocycles. The van der Waals surface area contributed by atoms with E-state index < -0.39 is 5.91 Å². The van der Waals surface area contributed by atoms with Crippen molar-refractivity contribution in [2.75, 3.05) is 0 Å². The molecule has 1 aliphatic heterocycles. The number of amides is 1. The molecule has 0 saturated carbocycles. The summed E-state index contributed by atoms with van der Waals surface area (Å²) < 4.78 is 4.95. The summed E-state index contributed by atoms with van der Waals surface area (Å²) in [5.74, 6) is -0.232. The monoisotopic (exact) mass is 221 g/mol. The molecule has 0 spiro atoms. The van der Waals surface area contributed by atoms with E-state index in [1.54, 1.807) is 18.2 Å². The molecule has 1 saturated heterocycles. The van der Waals surface area contributed by atoms with Gasteiger partial charge in [-0.3, -0.25) is 10.1 Å². The van der Waals surface area contributed by atoms with E-state index in [9.17, 15) is 9.90 Å². The van der Waals surface area contributed by atoms with Gasteiger partial charge in [0, 0.05) is 5.56 Å². The van der Waals surface area contributed by atoms with E-state index in [1.807, 2.05) is 0 Å². The van der Waals surface area contributed by atoms with Gasteiger partial charge >= 0.3 is 0 Å². The zero-order chi connectivity index (χ0) is 10.8. The van der Waals surface area contributed by atoms with Gasteiger partial charge in [-0.1, -0.05) is 18.2 Å². The molecule has 2 rings (SSSR count). The summed E-state index contributed by atoms with van der Waals surface area (Å²) in [5.41, 5.74) is 0.507. The maximum Gasteiger partial charge on any atom is 0.294 e. The highest BCUT2D eigenvalue weighted by Crippen LogP contribution is 2.20. The maximum absolute atomic E-state index is 11.2. The zero-order valence-corrected chi connectivity index (χ0v) is 8.38. The predicted octanol–water partition coefficient (Wildman–Crippen LogP) is 1.16. The van der Waals surface area contributed by atoms with Crippen molar-refractivity contribution in [2.45, 2.75) is 0 Å². The Morgan fingerprint density at radius 1 is 1.40 bits per heavy atom. The van der Waals surface area contributed by atoms with Crippen LogP contribution in [0.3, 0.4) is 0 Å². The Labute approximate surface area is 91.2 Å². The molecule has 1 fully saturated rings. The summed E-state index contributed by atoms with van der Waals surface area (Å²) in [7, 11) is 0. The number of para-hydroxylation sites is 1. The third-order valence-electron chi connectivity index (χ3n) is 1.87. The lowest BCUT2D eigenvalue weighted by molar-refractivity contribution is -0.116. The Balaban J connectivity index is 2.35. The van der Waals surface area contributed by atoms with Crippen molar-refractivity contribution in [3.8, 4) is 5.75 Å². The van der Waals surface area contributed by atoms with Crippen LogP contribution in [0.1, 0.15) is 5.56 Å². The molecule has 0 bridgehead atoms. The quantitative estimate of drug-likeness (QED) is 0.552. The summed E-state index contributed by atoms with van der Waals surface area (Å²) in [6.07, 6.45) is 1.43. The molecule has 1 heterocycles. The van der Waals surface area contributed by atoms with Crippen molar-refractivity contribution < 1.29 is 14.6 Å². The summed E-state index contributed by atoms with van der Waals surface area (Å²) in [6.45, 7) is 0. The number of nitrogens with one attached hydrogen (secondary N) is 1. The molecule has 0 radical (unpaired) electrons. The van der Waals surface area contributed by atoms with Crippen LogP contribution in [0.4, 0.5) is 0 Å². The molecule has 1 aromatic carbocycles. The van der Waals surface area contributed by atoms with Crippen LogP contribution >= 0.6 is 12.2 Å². The molecule has 5 heteroatoms. The lowest BCUT2D eigenvalue weighted by Gasteiger charge is -1.98. The molecular formula is C10H7NO3S. The van der Waals surface area contributed by atoms with Crippen LogP contribution in [0, 0.1) is 0 Å². The molecule has 0 atom stereocenters. The third kappa shape index (κ3) is 1.97. The normalized spacial score (nSPS) is 17.7. The minimum atomic E-state index is -0.400. The molecule has 0 aromatic heterocycles. The number of benzene rings is 1. The lowest BCUT2D eigenvalue weighted by Crippen LogP contribution is -2.18. The van der Waals surface area contributed by atoms with Crippen LogP contribution in [0.5, 0.6) is 5.75 Å². The minimum Gasteiger partial charge on any atom is -0.507 e. The molecular weight excluding hydrogens is 214 g/mol. The zero-order valence-electron chi connectivity index (χ0n) is 7.56. The Hall–Kier alpha value is -1.88. The van der Waals surface area contributed by atoms with Gasteiger partial charge in [-0.25, -0.2) is 0 Å². The van der Waals surface area contributed by atoms with Crippen LogP contribution in [-0.2, 0) is 9.53 Å². The average molecular weight is 221 g/mol. The number of hydrogen-bond donors (Lipinski definition) is 2. The number of carbonyl (C=O) groups excluding carboxylic acids is 1. The van der Waals surface area contributed by atoms with Crippen LogP contribution in [0.15, 0.2) is 30.0 Å². The largest absolute Gasteiger partial charge is 0.507 e. The first-order chi connectivity index (χ1) is 7.16. The molecule has 2 N–H and O–H groups in total. The van der Waals surface area contributed by atoms with E-state index in [4.69, 9.17) is 4.74 Å². The van der Waals surface area contributed by atoms with Crippen molar-refractivity contribution >= 4 is 29.4 Å². The van der Waals surface area contributed by atoms with Crippen LogP contribution in [-0.4, -0.2) is 16.2 Å². The predicted molar refractivity (Wildman–Crippen MR) is 57.9 cm³/mol. The first-order valence-electron chi connectivity index (χ1n) is 4.19.